The van der Waals surface area contributed by atoms with Crippen molar-refractivity contribution in [3.8, 4) is 5.75 Å². The van der Waals surface area contributed by atoms with Crippen LogP contribution in [0.25, 0.3) is 0 Å². The first-order chi connectivity index (χ1) is 13.9. The molecule has 29 heavy (non-hydrogen) atoms. The van der Waals surface area contributed by atoms with Crippen LogP contribution >= 0.6 is 15.9 Å². The van der Waals surface area contributed by atoms with Gasteiger partial charge in [0.2, 0.25) is 0 Å². The number of nitrogens with zero attached hydrogens (tertiary/aromatic N) is 1. The van der Waals surface area contributed by atoms with Gasteiger partial charge in [-0.1, -0.05) is 84.4 Å². The van der Waals surface area contributed by atoms with Crippen molar-refractivity contribution >= 4 is 28.1 Å². The van der Waals surface area contributed by atoms with E-state index in [2.05, 4.69) is 52.4 Å². The maximum Gasteiger partial charge on any atom is 0.277 e. The van der Waals surface area contributed by atoms with Crippen LogP contribution in [0.3, 0.4) is 0 Å². The number of hydrogen-bond donors (Lipinski definition) is 1. The molecule has 0 heterocycles. The van der Waals surface area contributed by atoms with Crippen molar-refractivity contribution in [1.29, 1.82) is 0 Å². The number of amides is 1. The Balaban J connectivity index is 1.53. The van der Waals surface area contributed by atoms with Gasteiger partial charge >= 0.3 is 0 Å². The number of ether oxygens (including phenoxy) is 1. The summed E-state index contributed by atoms with van der Waals surface area (Å²) in [6, 6.07) is 25.8. The summed E-state index contributed by atoms with van der Waals surface area (Å²) in [6.07, 6.45) is 1.59. The molecular weight excluding hydrogens is 428 g/mol. The number of nitrogens with one attached hydrogen (secondary N) is 1. The van der Waals surface area contributed by atoms with Crippen LogP contribution in [-0.4, -0.2) is 18.7 Å². The summed E-state index contributed by atoms with van der Waals surface area (Å²) < 4.78 is 6.52. The summed E-state index contributed by atoms with van der Waals surface area (Å²) >= 11 is 3.40. The number of carbonyl (C=O) groups is 1. The summed E-state index contributed by atoms with van der Waals surface area (Å²) in [4.78, 5) is 11.9. The lowest BCUT2D eigenvalue weighted by atomic mass is 9.78. The van der Waals surface area contributed by atoms with Gasteiger partial charge in [0.25, 0.3) is 5.91 Å². The number of carbonyl (C=O) groups excluding carboxylic acids is 1. The van der Waals surface area contributed by atoms with Gasteiger partial charge in [-0.3, -0.25) is 4.79 Å². The first-order valence-corrected chi connectivity index (χ1v) is 10.1. The molecule has 0 unspecified atom stereocenters. The summed E-state index contributed by atoms with van der Waals surface area (Å²) in [7, 11) is 0. The Bertz CT molecular complexity index is 983. The van der Waals surface area contributed by atoms with Crippen molar-refractivity contribution in [2.75, 3.05) is 6.61 Å². The van der Waals surface area contributed by atoms with Gasteiger partial charge in [0.1, 0.15) is 5.75 Å². The SMILES string of the molecule is CC(C)(c1ccccc1)c1ccc(OCC(=O)NN=Cc2cccc(Br)c2)cc1. The van der Waals surface area contributed by atoms with E-state index in [0.717, 1.165) is 10.0 Å². The molecule has 0 fully saturated rings. The van der Waals surface area contributed by atoms with E-state index in [-0.39, 0.29) is 17.9 Å². The number of hydrazone groups is 1. The zero-order chi connectivity index (χ0) is 20.7. The normalized spacial score (nSPS) is 11.4. The third-order valence-electron chi connectivity index (χ3n) is 4.69. The van der Waals surface area contributed by atoms with Crippen molar-refractivity contribution in [3.05, 3.63) is 100 Å². The molecule has 3 rings (SSSR count). The van der Waals surface area contributed by atoms with Crippen LogP contribution in [0.4, 0.5) is 0 Å². The fourth-order valence-corrected chi connectivity index (χ4v) is 3.35. The van der Waals surface area contributed by atoms with Crippen molar-refractivity contribution in [3.63, 3.8) is 0 Å². The lowest BCUT2D eigenvalue weighted by molar-refractivity contribution is -0.123. The monoisotopic (exact) mass is 450 g/mol. The molecule has 0 aliphatic heterocycles. The second kappa shape index (κ2) is 9.52. The molecule has 0 aliphatic carbocycles. The minimum Gasteiger partial charge on any atom is -0.484 e. The molecule has 0 radical (unpaired) electrons. The topological polar surface area (TPSA) is 50.7 Å². The lowest BCUT2D eigenvalue weighted by Gasteiger charge is -2.26. The fourth-order valence-electron chi connectivity index (χ4n) is 2.94. The highest BCUT2D eigenvalue weighted by Crippen LogP contribution is 2.32. The maximum absolute atomic E-state index is 11.9. The Morgan fingerprint density at radius 3 is 2.38 bits per heavy atom. The molecule has 1 amide bonds. The Morgan fingerprint density at radius 1 is 1.00 bits per heavy atom. The molecular formula is C24H23BrN2O2. The predicted octanol–water partition coefficient (Wildman–Crippen LogP) is 5.30. The first kappa shape index (κ1) is 20.8. The van der Waals surface area contributed by atoms with E-state index in [1.54, 1.807) is 6.21 Å². The van der Waals surface area contributed by atoms with Crippen LogP contribution < -0.4 is 10.2 Å². The molecule has 148 valence electrons. The van der Waals surface area contributed by atoms with Crippen LogP contribution in [0.1, 0.15) is 30.5 Å². The predicted molar refractivity (Wildman–Crippen MR) is 120 cm³/mol. The van der Waals surface area contributed by atoms with Crippen molar-refractivity contribution < 1.29 is 9.53 Å². The minimum absolute atomic E-state index is 0.1000. The van der Waals surface area contributed by atoms with Crippen molar-refractivity contribution in [1.82, 2.24) is 5.43 Å². The standard InChI is InChI=1S/C24H23BrN2O2/c1-24(2,19-8-4-3-5-9-19)20-11-13-22(14-12-20)29-17-23(28)27-26-16-18-7-6-10-21(25)15-18/h3-16H,17H2,1-2H3,(H,27,28). The summed E-state index contributed by atoms with van der Waals surface area (Å²) in [6.45, 7) is 4.28. The minimum atomic E-state index is -0.315. The average molecular weight is 451 g/mol. The Hall–Kier alpha value is -2.92. The second-order valence-electron chi connectivity index (χ2n) is 7.15. The highest BCUT2D eigenvalue weighted by Gasteiger charge is 2.22. The molecule has 0 aliphatic rings. The highest BCUT2D eigenvalue weighted by molar-refractivity contribution is 9.10. The second-order valence-corrected chi connectivity index (χ2v) is 8.07. The van der Waals surface area contributed by atoms with Crippen LogP contribution in [0.15, 0.2) is 88.4 Å². The van der Waals surface area contributed by atoms with E-state index in [0.29, 0.717) is 5.75 Å². The smallest absolute Gasteiger partial charge is 0.277 e. The third-order valence-corrected chi connectivity index (χ3v) is 5.19. The van der Waals surface area contributed by atoms with Gasteiger partial charge in [-0.05, 0) is 41.0 Å². The van der Waals surface area contributed by atoms with Crippen LogP contribution in [0.5, 0.6) is 5.75 Å². The molecule has 0 saturated carbocycles. The van der Waals surface area contributed by atoms with Gasteiger partial charge in [-0.2, -0.15) is 5.10 Å². The van der Waals surface area contributed by atoms with Gasteiger partial charge in [-0.25, -0.2) is 5.43 Å². The molecule has 5 heteroatoms. The quantitative estimate of drug-likeness (QED) is 0.391. The molecule has 0 atom stereocenters. The lowest BCUT2D eigenvalue weighted by Crippen LogP contribution is -2.24. The van der Waals surface area contributed by atoms with E-state index >= 15 is 0 Å². The molecule has 1 N–H and O–H groups in total. The first-order valence-electron chi connectivity index (χ1n) is 9.31. The summed E-state index contributed by atoms with van der Waals surface area (Å²) in [5, 5.41) is 3.95. The van der Waals surface area contributed by atoms with E-state index < -0.39 is 0 Å². The van der Waals surface area contributed by atoms with Gasteiger partial charge in [0.05, 0.1) is 6.21 Å². The Labute approximate surface area is 179 Å². The largest absolute Gasteiger partial charge is 0.484 e. The molecule has 0 saturated heterocycles. The molecule has 3 aromatic rings. The van der Waals surface area contributed by atoms with Gasteiger partial charge in [0, 0.05) is 9.89 Å². The number of benzene rings is 3. The van der Waals surface area contributed by atoms with E-state index in [1.807, 2.05) is 66.7 Å². The number of halogens is 1. The number of rotatable bonds is 7. The zero-order valence-corrected chi connectivity index (χ0v) is 18.0. The van der Waals surface area contributed by atoms with Crippen LogP contribution in [0.2, 0.25) is 0 Å². The third kappa shape index (κ3) is 5.78. The van der Waals surface area contributed by atoms with Gasteiger partial charge < -0.3 is 4.74 Å². The van der Waals surface area contributed by atoms with E-state index in [1.165, 1.54) is 11.1 Å². The average Bonchev–Trinajstić information content (AvgIpc) is 2.73. The number of hydrogen-bond acceptors (Lipinski definition) is 3. The van der Waals surface area contributed by atoms with E-state index in [4.69, 9.17) is 4.74 Å². The van der Waals surface area contributed by atoms with Gasteiger partial charge in [-0.15, -0.1) is 0 Å². The van der Waals surface area contributed by atoms with Crippen molar-refractivity contribution in [2.45, 2.75) is 19.3 Å². The zero-order valence-electron chi connectivity index (χ0n) is 16.4. The van der Waals surface area contributed by atoms with Gasteiger partial charge in [0.15, 0.2) is 6.61 Å². The van der Waals surface area contributed by atoms with E-state index in [9.17, 15) is 4.79 Å². The molecule has 0 aromatic heterocycles. The highest BCUT2D eigenvalue weighted by atomic mass is 79.9. The fraction of sp³-hybridized carbons (Fsp3) is 0.167. The molecule has 0 spiro atoms. The van der Waals surface area contributed by atoms with Crippen molar-refractivity contribution in [2.24, 2.45) is 5.10 Å². The summed E-state index contributed by atoms with van der Waals surface area (Å²) in [5.41, 5.74) is 5.67. The van der Waals surface area contributed by atoms with Crippen LogP contribution in [-0.2, 0) is 10.2 Å². The molecule has 0 bridgehead atoms. The molecule has 4 nitrogen and oxygen atoms in total. The van der Waals surface area contributed by atoms with Crippen LogP contribution in [0, 0.1) is 0 Å². The summed E-state index contributed by atoms with van der Waals surface area (Å²) in [5.74, 6) is 0.327. The Kier molecular flexibility index (Phi) is 6.83. The maximum atomic E-state index is 11.9. The molecule has 3 aromatic carbocycles. The Morgan fingerprint density at radius 2 is 1.69 bits per heavy atom.